The maximum atomic E-state index is 5.54. The lowest BCUT2D eigenvalue weighted by Crippen LogP contribution is -2.32. The van der Waals surface area contributed by atoms with Gasteiger partial charge in [-0.05, 0) is 29.2 Å². The molecular weight excluding hydrogens is 222 g/mol. The van der Waals surface area contributed by atoms with Crippen molar-refractivity contribution in [3.05, 3.63) is 48.0 Å². The molecule has 3 rings (SSSR count). The monoisotopic (exact) mass is 241 g/mol. The summed E-state index contributed by atoms with van der Waals surface area (Å²) in [6.07, 6.45) is 3.70. The third-order valence-corrected chi connectivity index (χ3v) is 3.87. The zero-order chi connectivity index (χ0) is 12.4. The minimum Gasteiger partial charge on any atom is -0.302 e. The lowest BCUT2D eigenvalue weighted by Gasteiger charge is -2.34. The highest BCUT2D eigenvalue weighted by molar-refractivity contribution is 5.86. The van der Waals surface area contributed by atoms with Gasteiger partial charge in [-0.2, -0.15) is 5.06 Å². The van der Waals surface area contributed by atoms with Gasteiger partial charge in [0.1, 0.15) is 0 Å². The Morgan fingerprint density at radius 2 is 1.89 bits per heavy atom. The summed E-state index contributed by atoms with van der Waals surface area (Å²) in [6, 6.07) is 15.6. The minimum atomic E-state index is 0.398. The quantitative estimate of drug-likeness (QED) is 0.790. The van der Waals surface area contributed by atoms with Crippen molar-refractivity contribution in [3.8, 4) is 0 Å². The van der Waals surface area contributed by atoms with Crippen LogP contribution in [0.1, 0.15) is 30.9 Å². The Hall–Kier alpha value is -1.38. The second kappa shape index (κ2) is 5.09. The van der Waals surface area contributed by atoms with Gasteiger partial charge in [0.05, 0.1) is 13.2 Å². The van der Waals surface area contributed by atoms with E-state index in [1.807, 2.05) is 0 Å². The molecule has 0 aliphatic carbocycles. The van der Waals surface area contributed by atoms with Crippen LogP contribution in [0.4, 0.5) is 0 Å². The predicted molar refractivity (Wildman–Crippen MR) is 74.3 cm³/mol. The van der Waals surface area contributed by atoms with Crippen molar-refractivity contribution in [2.24, 2.45) is 0 Å². The Morgan fingerprint density at radius 1 is 1.06 bits per heavy atom. The van der Waals surface area contributed by atoms with Crippen LogP contribution < -0.4 is 0 Å². The molecule has 2 aromatic rings. The van der Waals surface area contributed by atoms with Crippen LogP contribution in [0, 0.1) is 0 Å². The molecule has 0 aromatic heterocycles. The van der Waals surface area contributed by atoms with Gasteiger partial charge in [-0.15, -0.1) is 0 Å². The molecule has 2 heteroatoms. The number of piperidine rings is 1. The van der Waals surface area contributed by atoms with Crippen molar-refractivity contribution in [2.45, 2.75) is 25.3 Å². The number of fused-ring (bicyclic) bond motifs is 1. The van der Waals surface area contributed by atoms with Gasteiger partial charge in [-0.25, -0.2) is 0 Å². The lowest BCUT2D eigenvalue weighted by molar-refractivity contribution is -0.176. The van der Waals surface area contributed by atoms with E-state index in [1.165, 1.54) is 35.6 Å². The van der Waals surface area contributed by atoms with Gasteiger partial charge in [0, 0.05) is 6.54 Å². The van der Waals surface area contributed by atoms with Crippen LogP contribution in [-0.2, 0) is 4.84 Å². The Bertz CT molecular complexity index is 532. The van der Waals surface area contributed by atoms with Crippen molar-refractivity contribution in [2.75, 3.05) is 13.7 Å². The molecule has 2 aromatic carbocycles. The standard InChI is InChI=1S/C16H19NO/c1-18-17-12-5-4-11-16(17)15-10-6-8-13-7-2-3-9-14(13)15/h2-3,6-10,16H,4-5,11-12H2,1H3. The van der Waals surface area contributed by atoms with Gasteiger partial charge in [0.15, 0.2) is 0 Å². The average Bonchev–Trinajstić information content (AvgIpc) is 2.46. The number of hydroxylamine groups is 2. The first-order chi connectivity index (χ1) is 8.90. The molecule has 2 nitrogen and oxygen atoms in total. The molecule has 0 bridgehead atoms. The largest absolute Gasteiger partial charge is 0.302 e. The molecular formula is C16H19NO. The van der Waals surface area contributed by atoms with E-state index in [2.05, 4.69) is 47.5 Å². The van der Waals surface area contributed by atoms with E-state index in [-0.39, 0.29) is 0 Å². The Kier molecular flexibility index (Phi) is 3.31. The number of rotatable bonds is 2. The number of hydrogen-bond donors (Lipinski definition) is 0. The van der Waals surface area contributed by atoms with Crippen molar-refractivity contribution in [1.82, 2.24) is 5.06 Å². The van der Waals surface area contributed by atoms with Crippen LogP contribution >= 0.6 is 0 Å². The summed E-state index contributed by atoms with van der Waals surface area (Å²) in [5.74, 6) is 0. The summed E-state index contributed by atoms with van der Waals surface area (Å²) in [5, 5.41) is 4.80. The van der Waals surface area contributed by atoms with Gasteiger partial charge in [-0.3, -0.25) is 0 Å². The molecule has 0 spiro atoms. The van der Waals surface area contributed by atoms with Crippen molar-refractivity contribution in [1.29, 1.82) is 0 Å². The van der Waals surface area contributed by atoms with Gasteiger partial charge < -0.3 is 4.84 Å². The molecule has 0 N–H and O–H groups in total. The predicted octanol–water partition coefficient (Wildman–Crippen LogP) is 3.93. The lowest BCUT2D eigenvalue weighted by atomic mass is 9.93. The highest BCUT2D eigenvalue weighted by Crippen LogP contribution is 2.34. The number of nitrogens with zero attached hydrogens (tertiary/aromatic N) is 1. The zero-order valence-electron chi connectivity index (χ0n) is 10.8. The van der Waals surface area contributed by atoms with E-state index in [9.17, 15) is 0 Å². The van der Waals surface area contributed by atoms with E-state index in [0.717, 1.165) is 6.54 Å². The Balaban J connectivity index is 2.07. The molecule has 1 saturated heterocycles. The fourth-order valence-corrected chi connectivity index (χ4v) is 2.98. The SMILES string of the molecule is CON1CCCCC1c1cccc2ccccc12. The topological polar surface area (TPSA) is 12.5 Å². The van der Waals surface area contributed by atoms with Crippen LogP contribution in [0.5, 0.6) is 0 Å². The molecule has 0 saturated carbocycles. The molecule has 94 valence electrons. The van der Waals surface area contributed by atoms with Crippen molar-refractivity contribution < 1.29 is 4.84 Å². The van der Waals surface area contributed by atoms with Gasteiger partial charge >= 0.3 is 0 Å². The van der Waals surface area contributed by atoms with Crippen LogP contribution in [-0.4, -0.2) is 18.7 Å². The molecule has 0 radical (unpaired) electrons. The molecule has 1 aliphatic rings. The maximum Gasteiger partial charge on any atom is 0.0607 e. The second-order valence-corrected chi connectivity index (χ2v) is 4.90. The molecule has 0 amide bonds. The van der Waals surface area contributed by atoms with E-state index in [4.69, 9.17) is 4.84 Å². The highest BCUT2D eigenvalue weighted by atomic mass is 16.7. The van der Waals surface area contributed by atoms with Crippen LogP contribution in [0.3, 0.4) is 0 Å². The summed E-state index contributed by atoms with van der Waals surface area (Å²) >= 11 is 0. The molecule has 1 fully saturated rings. The first kappa shape index (κ1) is 11.7. The summed E-state index contributed by atoms with van der Waals surface area (Å²) in [6.45, 7) is 1.03. The van der Waals surface area contributed by atoms with E-state index < -0.39 is 0 Å². The molecule has 1 aliphatic heterocycles. The smallest absolute Gasteiger partial charge is 0.0607 e. The summed E-state index contributed by atoms with van der Waals surface area (Å²) in [7, 11) is 1.78. The van der Waals surface area contributed by atoms with Crippen molar-refractivity contribution in [3.63, 3.8) is 0 Å². The van der Waals surface area contributed by atoms with E-state index in [0.29, 0.717) is 6.04 Å². The van der Waals surface area contributed by atoms with E-state index in [1.54, 1.807) is 7.11 Å². The van der Waals surface area contributed by atoms with E-state index >= 15 is 0 Å². The summed E-state index contributed by atoms with van der Waals surface area (Å²) < 4.78 is 0. The third-order valence-electron chi connectivity index (χ3n) is 3.87. The Morgan fingerprint density at radius 3 is 2.78 bits per heavy atom. The Labute approximate surface area is 108 Å². The number of benzene rings is 2. The first-order valence-electron chi connectivity index (χ1n) is 6.68. The molecule has 1 heterocycles. The number of hydrogen-bond acceptors (Lipinski definition) is 2. The van der Waals surface area contributed by atoms with Crippen LogP contribution in [0.25, 0.3) is 10.8 Å². The van der Waals surface area contributed by atoms with Crippen molar-refractivity contribution >= 4 is 10.8 Å². The maximum absolute atomic E-state index is 5.54. The highest BCUT2D eigenvalue weighted by Gasteiger charge is 2.25. The normalized spacial score (nSPS) is 21.3. The first-order valence-corrected chi connectivity index (χ1v) is 6.68. The van der Waals surface area contributed by atoms with Gasteiger partial charge in [0.25, 0.3) is 0 Å². The fourth-order valence-electron chi connectivity index (χ4n) is 2.98. The summed E-state index contributed by atoms with van der Waals surface area (Å²) in [4.78, 5) is 5.54. The minimum absolute atomic E-state index is 0.398. The average molecular weight is 241 g/mol. The van der Waals surface area contributed by atoms with Crippen LogP contribution in [0.2, 0.25) is 0 Å². The molecule has 1 unspecified atom stereocenters. The van der Waals surface area contributed by atoms with Gasteiger partial charge in [-0.1, -0.05) is 48.9 Å². The zero-order valence-corrected chi connectivity index (χ0v) is 10.8. The molecule has 18 heavy (non-hydrogen) atoms. The fraction of sp³-hybridized carbons (Fsp3) is 0.375. The second-order valence-electron chi connectivity index (χ2n) is 4.90. The van der Waals surface area contributed by atoms with Crippen LogP contribution in [0.15, 0.2) is 42.5 Å². The third kappa shape index (κ3) is 2.02. The molecule has 1 atom stereocenters. The van der Waals surface area contributed by atoms with Gasteiger partial charge in [0.2, 0.25) is 0 Å². The summed E-state index contributed by atoms with van der Waals surface area (Å²) in [5.41, 5.74) is 1.40.